The molecule has 4 saturated carbocycles. The van der Waals surface area contributed by atoms with Crippen molar-refractivity contribution in [2.45, 2.75) is 136 Å². The minimum atomic E-state index is -1.44. The molecule has 4 rings (SSSR count). The molecule has 0 aromatic heterocycles. The molecule has 12 atom stereocenters. The fraction of sp³-hybridized carbons (Fsp3) is 0.967. The summed E-state index contributed by atoms with van der Waals surface area (Å²) >= 11 is 0. The summed E-state index contributed by atoms with van der Waals surface area (Å²) in [5.41, 5.74) is -2.50. The normalized spacial score (nSPS) is 48.4. The third-order valence-corrected chi connectivity index (χ3v) is 12.3. The summed E-state index contributed by atoms with van der Waals surface area (Å²) in [4.78, 5) is 11.5. The number of aliphatic hydroxyl groups excluding tert-OH is 3. The Hall–Kier alpha value is -0.690. The van der Waals surface area contributed by atoms with Crippen molar-refractivity contribution in [3.63, 3.8) is 0 Å². The van der Waals surface area contributed by atoms with Crippen LogP contribution in [0.1, 0.15) is 106 Å². The van der Waals surface area contributed by atoms with Crippen LogP contribution in [0.4, 0.5) is 0 Å². The Balaban J connectivity index is 1.49. The maximum atomic E-state index is 11.7. The highest BCUT2D eigenvalue weighted by Gasteiger charge is 2.70. The van der Waals surface area contributed by atoms with E-state index in [4.69, 9.17) is 4.74 Å². The van der Waals surface area contributed by atoms with Crippen molar-refractivity contribution in [2.75, 3.05) is 0 Å². The highest BCUT2D eigenvalue weighted by molar-refractivity contribution is 5.66. The first-order chi connectivity index (χ1) is 16.6. The van der Waals surface area contributed by atoms with Crippen LogP contribution >= 0.6 is 0 Å². The molecule has 4 aliphatic rings. The van der Waals surface area contributed by atoms with Crippen molar-refractivity contribution in [3.05, 3.63) is 0 Å². The summed E-state index contributed by atoms with van der Waals surface area (Å²) in [6, 6.07) is 0. The first-order valence-corrected chi connectivity index (χ1v) is 14.5. The van der Waals surface area contributed by atoms with Gasteiger partial charge in [-0.3, -0.25) is 4.79 Å². The Morgan fingerprint density at radius 1 is 1.00 bits per heavy atom. The Kier molecular flexibility index (Phi) is 7.47. The van der Waals surface area contributed by atoms with Gasteiger partial charge >= 0.3 is 5.97 Å². The topological polar surface area (TPSA) is 107 Å². The summed E-state index contributed by atoms with van der Waals surface area (Å²) in [7, 11) is 0. The standard InChI is InChI=1S/C30H52O6/c1-17(8-9-18(2)27(4,5)36-19(3)31)22-10-11-23-21-15-26(34)30(35)16-20(32)14-25(33)29(30,7)24(21)12-13-28(22,23)6/h17-18,20-26,32-35H,8-16H2,1-7H3/t17-,18?,20?,21?,22?,23?,24?,25?,26?,28?,29?,30+/m1/s1. The van der Waals surface area contributed by atoms with Gasteiger partial charge in [-0.25, -0.2) is 0 Å². The van der Waals surface area contributed by atoms with E-state index in [0.29, 0.717) is 24.2 Å². The number of fused-ring (bicyclic) bond motifs is 5. The number of hydrogen-bond donors (Lipinski definition) is 4. The molecule has 4 fully saturated rings. The van der Waals surface area contributed by atoms with Crippen LogP contribution in [-0.2, 0) is 9.53 Å². The predicted molar refractivity (Wildman–Crippen MR) is 139 cm³/mol. The number of hydrogen-bond acceptors (Lipinski definition) is 6. The van der Waals surface area contributed by atoms with Crippen molar-refractivity contribution in [1.82, 2.24) is 0 Å². The van der Waals surface area contributed by atoms with Gasteiger partial charge in [0.1, 0.15) is 11.2 Å². The fourth-order valence-electron chi connectivity index (χ4n) is 9.84. The lowest BCUT2D eigenvalue weighted by molar-refractivity contribution is -0.294. The molecule has 36 heavy (non-hydrogen) atoms. The molecule has 4 N–H and O–H groups in total. The van der Waals surface area contributed by atoms with Crippen LogP contribution in [0.3, 0.4) is 0 Å². The molecule has 0 saturated heterocycles. The molecule has 4 aliphatic carbocycles. The molecule has 0 aliphatic heterocycles. The van der Waals surface area contributed by atoms with Crippen LogP contribution in [0, 0.1) is 46.3 Å². The molecule has 0 spiro atoms. The van der Waals surface area contributed by atoms with Crippen molar-refractivity contribution < 1.29 is 30.0 Å². The zero-order valence-electron chi connectivity index (χ0n) is 23.7. The van der Waals surface area contributed by atoms with E-state index in [1.165, 1.54) is 13.3 Å². The van der Waals surface area contributed by atoms with Gasteiger partial charge in [0.15, 0.2) is 0 Å². The molecule has 6 nitrogen and oxygen atoms in total. The van der Waals surface area contributed by atoms with E-state index in [0.717, 1.165) is 32.1 Å². The molecule has 0 aromatic carbocycles. The third kappa shape index (κ3) is 4.26. The van der Waals surface area contributed by atoms with Gasteiger partial charge in [0.25, 0.3) is 0 Å². The molecule has 0 heterocycles. The zero-order chi connectivity index (χ0) is 26.8. The van der Waals surface area contributed by atoms with Crippen LogP contribution in [0.15, 0.2) is 0 Å². The van der Waals surface area contributed by atoms with E-state index in [1.807, 2.05) is 20.8 Å². The lowest BCUT2D eigenvalue weighted by Gasteiger charge is -2.66. The molecule has 0 amide bonds. The number of rotatable bonds is 6. The first kappa shape index (κ1) is 28.3. The molecule has 0 bridgehead atoms. The van der Waals surface area contributed by atoms with Crippen LogP contribution in [0.25, 0.3) is 0 Å². The highest BCUT2D eigenvalue weighted by atomic mass is 16.6. The van der Waals surface area contributed by atoms with Gasteiger partial charge in [0, 0.05) is 18.8 Å². The molecule has 208 valence electrons. The Morgan fingerprint density at radius 3 is 2.31 bits per heavy atom. The predicted octanol–water partition coefficient (Wildman–Crippen LogP) is 4.46. The number of aliphatic hydroxyl groups is 4. The minimum Gasteiger partial charge on any atom is -0.460 e. The van der Waals surface area contributed by atoms with E-state index >= 15 is 0 Å². The summed E-state index contributed by atoms with van der Waals surface area (Å²) < 4.78 is 5.59. The molecule has 6 heteroatoms. The second-order valence-electron chi connectivity index (χ2n) is 14.3. The summed E-state index contributed by atoms with van der Waals surface area (Å²) in [6.07, 6.45) is 4.96. The molecular weight excluding hydrogens is 456 g/mol. The number of carbonyl (C=O) groups is 1. The van der Waals surface area contributed by atoms with Gasteiger partial charge in [-0.2, -0.15) is 0 Å². The van der Waals surface area contributed by atoms with Gasteiger partial charge in [-0.15, -0.1) is 0 Å². The first-order valence-electron chi connectivity index (χ1n) is 14.5. The third-order valence-electron chi connectivity index (χ3n) is 12.3. The maximum absolute atomic E-state index is 11.7. The molecule has 10 unspecified atom stereocenters. The lowest BCUT2D eigenvalue weighted by Crippen LogP contribution is -2.72. The average molecular weight is 509 g/mol. The van der Waals surface area contributed by atoms with Gasteiger partial charge in [0.2, 0.25) is 0 Å². The van der Waals surface area contributed by atoms with E-state index in [-0.39, 0.29) is 42.0 Å². The summed E-state index contributed by atoms with van der Waals surface area (Å²) in [5, 5.41) is 44.4. The summed E-state index contributed by atoms with van der Waals surface area (Å²) in [5.74, 6) is 2.14. The van der Waals surface area contributed by atoms with E-state index in [1.54, 1.807) is 0 Å². The maximum Gasteiger partial charge on any atom is 0.303 e. The molecular formula is C30H52O6. The van der Waals surface area contributed by atoms with Crippen molar-refractivity contribution in [3.8, 4) is 0 Å². The average Bonchev–Trinajstić information content (AvgIpc) is 3.11. The Bertz CT molecular complexity index is 828. The van der Waals surface area contributed by atoms with Crippen molar-refractivity contribution in [2.24, 2.45) is 46.3 Å². The van der Waals surface area contributed by atoms with Gasteiger partial charge in [0.05, 0.1) is 18.3 Å². The van der Waals surface area contributed by atoms with Crippen LogP contribution in [-0.4, -0.2) is 55.9 Å². The van der Waals surface area contributed by atoms with Crippen LogP contribution in [0.5, 0.6) is 0 Å². The van der Waals surface area contributed by atoms with Crippen LogP contribution in [0.2, 0.25) is 0 Å². The number of carbonyl (C=O) groups excluding carboxylic acids is 1. The van der Waals surface area contributed by atoms with Gasteiger partial charge < -0.3 is 25.2 Å². The van der Waals surface area contributed by atoms with Gasteiger partial charge in [-0.05, 0) is 99.7 Å². The van der Waals surface area contributed by atoms with E-state index < -0.39 is 34.9 Å². The zero-order valence-corrected chi connectivity index (χ0v) is 23.7. The van der Waals surface area contributed by atoms with E-state index in [9.17, 15) is 25.2 Å². The largest absolute Gasteiger partial charge is 0.460 e. The van der Waals surface area contributed by atoms with Crippen molar-refractivity contribution >= 4 is 5.97 Å². The second-order valence-corrected chi connectivity index (χ2v) is 14.3. The highest BCUT2D eigenvalue weighted by Crippen LogP contribution is 2.69. The second kappa shape index (κ2) is 9.50. The smallest absolute Gasteiger partial charge is 0.303 e. The quantitative estimate of drug-likeness (QED) is 0.395. The molecule has 0 aromatic rings. The minimum absolute atomic E-state index is 0.147. The Labute approximate surface area is 218 Å². The SMILES string of the molecule is CC(=O)OC(C)(C)C(C)CC[C@@H](C)C1CCC2C3CC(O)[C@@]4(O)CC(O)CC(O)C4(C)C3CCC21C. The van der Waals surface area contributed by atoms with Crippen LogP contribution < -0.4 is 0 Å². The Morgan fingerprint density at radius 2 is 1.67 bits per heavy atom. The number of esters is 1. The van der Waals surface area contributed by atoms with Gasteiger partial charge in [-0.1, -0.05) is 34.1 Å². The summed E-state index contributed by atoms with van der Waals surface area (Å²) in [6.45, 7) is 14.5. The van der Waals surface area contributed by atoms with E-state index in [2.05, 4.69) is 20.8 Å². The molecule has 0 radical (unpaired) electrons. The number of ether oxygens (including phenoxy) is 1. The fourth-order valence-corrected chi connectivity index (χ4v) is 9.84. The van der Waals surface area contributed by atoms with Crippen molar-refractivity contribution in [1.29, 1.82) is 0 Å². The monoisotopic (exact) mass is 508 g/mol. The lowest BCUT2D eigenvalue weighted by atomic mass is 9.41.